The lowest BCUT2D eigenvalue weighted by molar-refractivity contribution is 1.23. The Kier molecular flexibility index (Phi) is 6.31. The number of hydrogen-bond acceptors (Lipinski definition) is 0. The molecule has 0 aliphatic carbocycles. The Balaban J connectivity index is 1.43. The first-order valence-electron chi connectivity index (χ1n) is 15.0. The van der Waals surface area contributed by atoms with Crippen LogP contribution in [0.3, 0.4) is 0 Å². The second-order valence-electron chi connectivity index (χ2n) is 11.3. The van der Waals surface area contributed by atoms with Gasteiger partial charge < -0.3 is 0 Å². The lowest BCUT2D eigenvalue weighted by atomic mass is 9.82. The third-order valence-electron chi connectivity index (χ3n) is 8.75. The van der Waals surface area contributed by atoms with Crippen molar-refractivity contribution in [2.24, 2.45) is 0 Å². The Labute approximate surface area is 252 Å². The van der Waals surface area contributed by atoms with Gasteiger partial charge in [0.1, 0.15) is 0 Å². The molecule has 0 nitrogen and oxygen atoms in total. The first kappa shape index (κ1) is 25.3. The molecule has 0 N–H and O–H groups in total. The molecule has 0 spiro atoms. The molecule has 202 valence electrons. The second kappa shape index (κ2) is 10.7. The summed E-state index contributed by atoms with van der Waals surface area (Å²) < 4.78 is 0. The standard InChI is InChI=1S/C43H30/c1-3-15-30(16-4-1)35-22-10-9-21-34(35)29-41-36-23-11-13-25-38(36)43(39-26-14-12-24-37(39)41)42-28-33-20-8-7-19-32(33)27-40(42)31-17-5-2-6-18-31/h1-28H,29H2. The molecule has 0 aromatic heterocycles. The van der Waals surface area contributed by atoms with Gasteiger partial charge in [0.2, 0.25) is 0 Å². The number of rotatable bonds is 5. The molecule has 8 rings (SSSR count). The minimum atomic E-state index is 0.857. The maximum Gasteiger partial charge on any atom is -0.000728 e. The summed E-state index contributed by atoms with van der Waals surface area (Å²) in [5.74, 6) is 0. The monoisotopic (exact) mass is 546 g/mol. The van der Waals surface area contributed by atoms with Crippen LogP contribution in [0.4, 0.5) is 0 Å². The predicted molar refractivity (Wildman–Crippen MR) is 185 cm³/mol. The van der Waals surface area contributed by atoms with Crippen LogP contribution in [0.2, 0.25) is 0 Å². The van der Waals surface area contributed by atoms with Gasteiger partial charge in [0.25, 0.3) is 0 Å². The van der Waals surface area contributed by atoms with E-state index >= 15 is 0 Å². The van der Waals surface area contributed by atoms with E-state index in [0.29, 0.717) is 0 Å². The van der Waals surface area contributed by atoms with Gasteiger partial charge in [0, 0.05) is 0 Å². The van der Waals surface area contributed by atoms with Gasteiger partial charge in [-0.2, -0.15) is 0 Å². The van der Waals surface area contributed by atoms with Crippen molar-refractivity contribution >= 4 is 32.3 Å². The fourth-order valence-corrected chi connectivity index (χ4v) is 6.77. The normalized spacial score (nSPS) is 11.3. The SMILES string of the molecule is c1ccc(-c2ccccc2Cc2c3ccccc3c(-c3cc4ccccc4cc3-c3ccccc3)c3ccccc23)cc1. The van der Waals surface area contributed by atoms with E-state index in [1.165, 1.54) is 76.8 Å². The number of benzene rings is 8. The molecule has 0 atom stereocenters. The van der Waals surface area contributed by atoms with Crippen molar-refractivity contribution in [2.75, 3.05) is 0 Å². The van der Waals surface area contributed by atoms with Crippen molar-refractivity contribution in [3.05, 3.63) is 181 Å². The van der Waals surface area contributed by atoms with Crippen molar-refractivity contribution in [1.82, 2.24) is 0 Å². The van der Waals surface area contributed by atoms with Gasteiger partial charge in [0.15, 0.2) is 0 Å². The summed E-state index contributed by atoms with van der Waals surface area (Å²) in [6.07, 6.45) is 0.857. The van der Waals surface area contributed by atoms with E-state index in [4.69, 9.17) is 0 Å². The molecule has 0 aliphatic heterocycles. The summed E-state index contributed by atoms with van der Waals surface area (Å²) in [5, 5.41) is 7.72. The van der Waals surface area contributed by atoms with Crippen LogP contribution in [-0.4, -0.2) is 0 Å². The number of hydrogen-bond donors (Lipinski definition) is 0. The highest BCUT2D eigenvalue weighted by atomic mass is 14.2. The summed E-state index contributed by atoms with van der Waals surface area (Å²) in [4.78, 5) is 0. The van der Waals surface area contributed by atoms with E-state index in [1.807, 2.05) is 0 Å². The molecule has 0 bridgehead atoms. The minimum Gasteiger partial charge on any atom is -0.0622 e. The maximum atomic E-state index is 2.40. The van der Waals surface area contributed by atoms with Gasteiger partial charge in [-0.15, -0.1) is 0 Å². The van der Waals surface area contributed by atoms with Crippen molar-refractivity contribution < 1.29 is 0 Å². The summed E-state index contributed by atoms with van der Waals surface area (Å²) in [5.41, 5.74) is 10.3. The Hall–Kier alpha value is -5.46. The van der Waals surface area contributed by atoms with Crippen molar-refractivity contribution in [2.45, 2.75) is 6.42 Å². The fourth-order valence-electron chi connectivity index (χ4n) is 6.77. The minimum absolute atomic E-state index is 0.857. The Morgan fingerprint density at radius 2 is 0.767 bits per heavy atom. The Morgan fingerprint density at radius 3 is 1.37 bits per heavy atom. The van der Waals surface area contributed by atoms with Crippen LogP contribution in [0, 0.1) is 0 Å². The van der Waals surface area contributed by atoms with Gasteiger partial charge >= 0.3 is 0 Å². The second-order valence-corrected chi connectivity index (χ2v) is 11.3. The first-order chi connectivity index (χ1) is 21.3. The van der Waals surface area contributed by atoms with Crippen LogP contribution in [0.5, 0.6) is 0 Å². The van der Waals surface area contributed by atoms with Gasteiger partial charge in [-0.1, -0.05) is 158 Å². The zero-order valence-corrected chi connectivity index (χ0v) is 23.9. The molecule has 0 heteroatoms. The topological polar surface area (TPSA) is 0 Å². The van der Waals surface area contributed by atoms with Crippen molar-refractivity contribution in [1.29, 1.82) is 0 Å². The molecule has 0 saturated carbocycles. The van der Waals surface area contributed by atoms with E-state index < -0.39 is 0 Å². The van der Waals surface area contributed by atoms with E-state index in [-0.39, 0.29) is 0 Å². The van der Waals surface area contributed by atoms with E-state index in [2.05, 4.69) is 170 Å². The summed E-state index contributed by atoms with van der Waals surface area (Å²) in [7, 11) is 0. The quantitative estimate of drug-likeness (QED) is 0.188. The molecule has 0 aliphatic rings. The van der Waals surface area contributed by atoms with Crippen LogP contribution >= 0.6 is 0 Å². The summed E-state index contributed by atoms with van der Waals surface area (Å²) in [6.45, 7) is 0. The average Bonchev–Trinajstić information content (AvgIpc) is 3.09. The molecule has 8 aromatic carbocycles. The van der Waals surface area contributed by atoms with Gasteiger partial charge in [0.05, 0.1) is 0 Å². The molecular formula is C43H30. The van der Waals surface area contributed by atoms with Gasteiger partial charge in [-0.3, -0.25) is 0 Å². The maximum absolute atomic E-state index is 2.40. The van der Waals surface area contributed by atoms with Crippen molar-refractivity contribution in [3.63, 3.8) is 0 Å². The molecule has 8 aromatic rings. The highest BCUT2D eigenvalue weighted by Gasteiger charge is 2.19. The number of fused-ring (bicyclic) bond motifs is 3. The summed E-state index contributed by atoms with van der Waals surface area (Å²) >= 11 is 0. The summed E-state index contributed by atoms with van der Waals surface area (Å²) in [6, 6.07) is 61.9. The Bertz CT molecular complexity index is 2180. The van der Waals surface area contributed by atoms with Crippen LogP contribution in [0.15, 0.2) is 170 Å². The van der Waals surface area contributed by atoms with Crippen molar-refractivity contribution in [3.8, 4) is 33.4 Å². The van der Waals surface area contributed by atoms with Crippen LogP contribution in [0.25, 0.3) is 65.7 Å². The Morgan fingerprint density at radius 1 is 0.326 bits per heavy atom. The highest BCUT2D eigenvalue weighted by molar-refractivity contribution is 6.18. The van der Waals surface area contributed by atoms with E-state index in [0.717, 1.165) is 6.42 Å². The molecule has 0 unspecified atom stereocenters. The van der Waals surface area contributed by atoms with Crippen LogP contribution in [0.1, 0.15) is 11.1 Å². The zero-order chi connectivity index (χ0) is 28.6. The van der Waals surface area contributed by atoms with E-state index in [1.54, 1.807) is 0 Å². The third-order valence-corrected chi connectivity index (χ3v) is 8.75. The molecule has 0 amide bonds. The molecule has 0 fully saturated rings. The average molecular weight is 547 g/mol. The predicted octanol–water partition coefficient (Wildman–Crippen LogP) is 11.7. The highest BCUT2D eigenvalue weighted by Crippen LogP contribution is 2.45. The van der Waals surface area contributed by atoms with Crippen LogP contribution in [-0.2, 0) is 6.42 Å². The smallest absolute Gasteiger partial charge is 0.000728 e. The van der Waals surface area contributed by atoms with Crippen LogP contribution < -0.4 is 0 Å². The lowest BCUT2D eigenvalue weighted by Crippen LogP contribution is -1.98. The fraction of sp³-hybridized carbons (Fsp3) is 0.0233. The molecule has 0 saturated heterocycles. The molecule has 0 heterocycles. The largest absolute Gasteiger partial charge is 0.0622 e. The third kappa shape index (κ3) is 4.49. The lowest BCUT2D eigenvalue weighted by Gasteiger charge is -2.21. The van der Waals surface area contributed by atoms with E-state index in [9.17, 15) is 0 Å². The zero-order valence-electron chi connectivity index (χ0n) is 23.9. The molecule has 0 radical (unpaired) electrons. The van der Waals surface area contributed by atoms with Gasteiger partial charge in [-0.25, -0.2) is 0 Å². The molecule has 43 heavy (non-hydrogen) atoms. The first-order valence-corrected chi connectivity index (χ1v) is 15.0. The molecular weight excluding hydrogens is 516 g/mol. The van der Waals surface area contributed by atoms with Gasteiger partial charge in [-0.05, 0) is 95.4 Å².